The van der Waals surface area contributed by atoms with Gasteiger partial charge in [-0.3, -0.25) is 0 Å². The van der Waals surface area contributed by atoms with E-state index in [0.29, 0.717) is 5.92 Å². The molecule has 1 heteroatoms. The summed E-state index contributed by atoms with van der Waals surface area (Å²) >= 11 is 0. The molecule has 0 saturated carbocycles. The van der Waals surface area contributed by atoms with Crippen molar-refractivity contribution in [2.24, 2.45) is 5.92 Å². The Labute approximate surface area is 319 Å². The van der Waals surface area contributed by atoms with E-state index in [9.17, 15) is 0 Å². The highest BCUT2D eigenvalue weighted by molar-refractivity contribution is 5.87. The Morgan fingerprint density at radius 2 is 1.02 bits per heavy atom. The fourth-order valence-electron chi connectivity index (χ4n) is 9.92. The lowest BCUT2D eigenvalue weighted by atomic mass is 9.66. The van der Waals surface area contributed by atoms with Crippen molar-refractivity contribution < 1.29 is 0 Å². The van der Waals surface area contributed by atoms with Gasteiger partial charge in [0.2, 0.25) is 0 Å². The van der Waals surface area contributed by atoms with Crippen molar-refractivity contribution in [1.29, 1.82) is 0 Å². The summed E-state index contributed by atoms with van der Waals surface area (Å²) in [4.78, 5) is 2.42. The van der Waals surface area contributed by atoms with Crippen LogP contribution >= 0.6 is 0 Å². The van der Waals surface area contributed by atoms with E-state index < -0.39 is 0 Å². The maximum Gasteiger partial charge on any atom is 0.0465 e. The lowest BCUT2D eigenvalue weighted by Gasteiger charge is -2.36. The smallest absolute Gasteiger partial charge is 0.0465 e. The molecule has 1 nitrogen and oxygen atoms in total. The third kappa shape index (κ3) is 4.92. The summed E-state index contributed by atoms with van der Waals surface area (Å²) in [5.74, 6) is 0.611. The van der Waals surface area contributed by atoms with Gasteiger partial charge in [-0.25, -0.2) is 0 Å². The van der Waals surface area contributed by atoms with Gasteiger partial charge in [-0.1, -0.05) is 179 Å². The minimum Gasteiger partial charge on any atom is -0.310 e. The van der Waals surface area contributed by atoms with E-state index in [1.165, 1.54) is 61.2 Å². The van der Waals surface area contributed by atoms with Crippen LogP contribution in [0.3, 0.4) is 0 Å². The maximum atomic E-state index is 2.45. The average Bonchev–Trinajstić information content (AvgIpc) is 3.64. The predicted molar refractivity (Wildman–Crippen MR) is 227 cm³/mol. The molecule has 7 aromatic carbocycles. The molecule has 0 aromatic heterocycles. The predicted octanol–water partition coefficient (Wildman–Crippen LogP) is 13.8. The van der Waals surface area contributed by atoms with Crippen LogP contribution in [0.4, 0.5) is 17.1 Å². The first-order valence-electron chi connectivity index (χ1n) is 19.3. The molecule has 0 fully saturated rings. The molecular formula is C53H43N. The highest BCUT2D eigenvalue weighted by Gasteiger charge is 2.50. The van der Waals surface area contributed by atoms with Crippen LogP contribution in [0.1, 0.15) is 60.1 Å². The first-order valence-corrected chi connectivity index (χ1v) is 19.3. The van der Waals surface area contributed by atoms with E-state index in [0.717, 1.165) is 17.1 Å². The molecule has 3 aliphatic carbocycles. The van der Waals surface area contributed by atoms with E-state index in [2.05, 4.69) is 220 Å². The van der Waals surface area contributed by atoms with Crippen molar-refractivity contribution in [1.82, 2.24) is 0 Å². The van der Waals surface area contributed by atoms with Crippen molar-refractivity contribution in [2.75, 3.05) is 4.90 Å². The summed E-state index contributed by atoms with van der Waals surface area (Å²) < 4.78 is 0. The maximum absolute atomic E-state index is 2.45. The molecule has 3 aliphatic rings. The molecule has 3 unspecified atom stereocenters. The standard InChI is InChI=1S/C53H43N/c1-52(2)47-22-12-10-19-44(47)45-34-33-42(35-50(45)52)54(40-29-25-37(26-30-40)36-15-6-4-7-16-36)41-31-27-38(28-32-41)43-21-14-24-49-51(43)46-20-11-13-23-48(46)53(49,3)39-17-8-5-9-18-39/h4-35,49,51H,1-3H3. The molecule has 0 amide bonds. The summed E-state index contributed by atoms with van der Waals surface area (Å²) in [6.07, 6.45) is 7.09. The van der Waals surface area contributed by atoms with Gasteiger partial charge in [0.05, 0.1) is 0 Å². The van der Waals surface area contributed by atoms with Gasteiger partial charge in [0.25, 0.3) is 0 Å². The zero-order valence-electron chi connectivity index (χ0n) is 31.1. The summed E-state index contributed by atoms with van der Waals surface area (Å²) in [6, 6.07) is 65.2. The Morgan fingerprint density at radius 1 is 0.463 bits per heavy atom. The first kappa shape index (κ1) is 32.5. The molecule has 0 spiro atoms. The van der Waals surface area contributed by atoms with Crippen LogP contribution in [0.15, 0.2) is 194 Å². The first-order chi connectivity index (χ1) is 26.4. The SMILES string of the molecule is CC1(C)c2ccccc2-c2ccc(N(c3ccc(C4=CC=CC5C4c4ccccc4C5(C)c4ccccc4)cc3)c3ccc(-c4ccccc4)cc3)cc21. The molecule has 0 bridgehead atoms. The van der Waals surface area contributed by atoms with Gasteiger partial charge < -0.3 is 4.90 Å². The molecule has 0 saturated heterocycles. The monoisotopic (exact) mass is 693 g/mol. The number of hydrogen-bond acceptors (Lipinski definition) is 1. The van der Waals surface area contributed by atoms with Gasteiger partial charge in [-0.15, -0.1) is 0 Å². The van der Waals surface area contributed by atoms with Gasteiger partial charge in [0.1, 0.15) is 0 Å². The Hall–Kier alpha value is -6.18. The molecular weight excluding hydrogens is 651 g/mol. The van der Waals surface area contributed by atoms with Crippen molar-refractivity contribution in [3.63, 3.8) is 0 Å². The minimum atomic E-state index is -0.109. The van der Waals surface area contributed by atoms with E-state index in [4.69, 9.17) is 0 Å². The topological polar surface area (TPSA) is 3.24 Å². The zero-order chi connectivity index (χ0) is 36.4. The van der Waals surface area contributed by atoms with Crippen LogP contribution in [-0.4, -0.2) is 0 Å². The molecule has 0 aliphatic heterocycles. The molecule has 3 atom stereocenters. The van der Waals surface area contributed by atoms with E-state index in [1.807, 2.05) is 0 Å². The molecule has 0 heterocycles. The number of rotatable bonds is 6. The van der Waals surface area contributed by atoms with E-state index in [1.54, 1.807) is 0 Å². The highest BCUT2D eigenvalue weighted by atomic mass is 15.1. The number of anilines is 3. The number of hydrogen-bond donors (Lipinski definition) is 0. The van der Waals surface area contributed by atoms with Crippen LogP contribution in [0.2, 0.25) is 0 Å². The number of benzene rings is 7. The third-order valence-electron chi connectivity index (χ3n) is 12.7. The van der Waals surface area contributed by atoms with Crippen LogP contribution in [-0.2, 0) is 10.8 Å². The average molecular weight is 694 g/mol. The van der Waals surface area contributed by atoms with Gasteiger partial charge >= 0.3 is 0 Å². The quantitative estimate of drug-likeness (QED) is 0.168. The Balaban J connectivity index is 1.06. The molecule has 7 aromatic rings. The largest absolute Gasteiger partial charge is 0.310 e. The summed E-state index contributed by atoms with van der Waals surface area (Å²) in [6.45, 7) is 7.16. The summed E-state index contributed by atoms with van der Waals surface area (Å²) in [5.41, 5.74) is 18.0. The normalized spacial score (nSPS) is 20.0. The second-order valence-corrected chi connectivity index (χ2v) is 15.9. The van der Waals surface area contributed by atoms with Crippen molar-refractivity contribution in [3.05, 3.63) is 228 Å². The van der Waals surface area contributed by atoms with Crippen molar-refractivity contribution in [3.8, 4) is 22.3 Å². The third-order valence-corrected chi connectivity index (χ3v) is 12.7. The van der Waals surface area contributed by atoms with Gasteiger partial charge in [-0.2, -0.15) is 0 Å². The molecule has 54 heavy (non-hydrogen) atoms. The fourth-order valence-corrected chi connectivity index (χ4v) is 9.92. The molecule has 10 rings (SSSR count). The minimum absolute atomic E-state index is 0.0853. The second-order valence-electron chi connectivity index (χ2n) is 15.9. The van der Waals surface area contributed by atoms with Crippen LogP contribution < -0.4 is 4.90 Å². The Kier molecular flexibility index (Phi) is 7.49. The van der Waals surface area contributed by atoms with Crippen LogP contribution in [0.5, 0.6) is 0 Å². The zero-order valence-corrected chi connectivity index (χ0v) is 31.1. The second kappa shape index (κ2) is 12.5. The van der Waals surface area contributed by atoms with Crippen molar-refractivity contribution in [2.45, 2.75) is 37.5 Å². The number of fused-ring (bicyclic) bond motifs is 6. The number of nitrogens with zero attached hydrogens (tertiary/aromatic N) is 1. The molecule has 260 valence electrons. The number of allylic oxidation sites excluding steroid dienone is 4. The Bertz CT molecular complexity index is 2570. The van der Waals surface area contributed by atoms with Gasteiger partial charge in [0.15, 0.2) is 0 Å². The van der Waals surface area contributed by atoms with Crippen LogP contribution in [0, 0.1) is 5.92 Å². The van der Waals surface area contributed by atoms with Crippen LogP contribution in [0.25, 0.3) is 27.8 Å². The lowest BCUT2D eigenvalue weighted by molar-refractivity contribution is 0.431. The van der Waals surface area contributed by atoms with E-state index in [-0.39, 0.29) is 16.7 Å². The molecule has 0 radical (unpaired) electrons. The lowest BCUT2D eigenvalue weighted by Crippen LogP contribution is -2.30. The fraction of sp³-hybridized carbons (Fsp3) is 0.132. The van der Waals surface area contributed by atoms with Gasteiger partial charge in [-0.05, 0) is 97.6 Å². The summed E-state index contributed by atoms with van der Waals surface area (Å²) in [5, 5.41) is 0. The van der Waals surface area contributed by atoms with E-state index >= 15 is 0 Å². The Morgan fingerprint density at radius 3 is 1.74 bits per heavy atom. The highest BCUT2D eigenvalue weighted by Crippen LogP contribution is 2.60. The molecule has 0 N–H and O–H groups in total. The van der Waals surface area contributed by atoms with Gasteiger partial charge in [0, 0.05) is 39.7 Å². The van der Waals surface area contributed by atoms with Crippen molar-refractivity contribution >= 4 is 22.6 Å². The summed E-state index contributed by atoms with van der Waals surface area (Å²) in [7, 11) is 0.